The molecule has 0 saturated carbocycles. The smallest absolute Gasteiger partial charge is 0.361 e. The molecule has 178 valence electrons. The van der Waals surface area contributed by atoms with E-state index in [9.17, 15) is 25.9 Å². The molecule has 3 atom stereocenters. The summed E-state index contributed by atoms with van der Waals surface area (Å²) < 4.78 is 70.6. The Labute approximate surface area is 198 Å². The van der Waals surface area contributed by atoms with Crippen LogP contribution >= 0.6 is 0 Å². The Balaban J connectivity index is 1.80. The van der Waals surface area contributed by atoms with Crippen molar-refractivity contribution in [3.63, 3.8) is 0 Å². The molecule has 34 heavy (non-hydrogen) atoms. The highest BCUT2D eigenvalue weighted by molar-refractivity contribution is 7.91. The van der Waals surface area contributed by atoms with Crippen LogP contribution in [0.25, 0.3) is 0 Å². The van der Waals surface area contributed by atoms with E-state index < -0.39 is 31.7 Å². The molecule has 0 aliphatic carbocycles. The second-order valence-corrected chi connectivity index (χ2v) is 11.5. The molecule has 3 unspecified atom stereocenters. The van der Waals surface area contributed by atoms with Crippen molar-refractivity contribution in [2.45, 2.75) is 30.1 Å². The maximum atomic E-state index is 12.6. The number of hydrogen-bond donors (Lipinski definition) is 3. The van der Waals surface area contributed by atoms with Gasteiger partial charge in [-0.2, -0.15) is 16.8 Å². The summed E-state index contributed by atoms with van der Waals surface area (Å²) >= 11 is 0. The lowest BCUT2D eigenvalue weighted by Gasteiger charge is -2.41. The van der Waals surface area contributed by atoms with Crippen LogP contribution < -0.4 is 9.62 Å². The van der Waals surface area contributed by atoms with Crippen molar-refractivity contribution in [1.82, 2.24) is 0 Å². The maximum absolute atomic E-state index is 12.6. The van der Waals surface area contributed by atoms with Gasteiger partial charge in [0.2, 0.25) is 0 Å². The number of fused-ring (bicyclic) bond motifs is 3. The van der Waals surface area contributed by atoms with Gasteiger partial charge in [0.15, 0.2) is 5.37 Å². The van der Waals surface area contributed by atoms with Gasteiger partial charge in [-0.25, -0.2) is 4.31 Å². The van der Waals surface area contributed by atoms with Gasteiger partial charge in [-0.15, -0.1) is 0 Å². The van der Waals surface area contributed by atoms with Crippen LogP contribution in [0.4, 0.5) is 11.4 Å². The number of rotatable bonds is 4. The highest BCUT2D eigenvalue weighted by Crippen LogP contribution is 2.52. The first kappa shape index (κ1) is 22.9. The minimum absolute atomic E-state index is 0.0488. The predicted octanol–water partition coefficient (Wildman–Crippen LogP) is 3.99. The van der Waals surface area contributed by atoms with Crippen molar-refractivity contribution in [3.05, 3.63) is 95.1 Å². The summed E-state index contributed by atoms with van der Waals surface area (Å²) in [5.41, 5.74) is 3.69. The fourth-order valence-electron chi connectivity index (χ4n) is 5.22. The molecule has 3 aromatic carbocycles. The zero-order valence-corrected chi connectivity index (χ0v) is 19.7. The lowest BCUT2D eigenvalue weighted by Crippen LogP contribution is -2.49. The Hall–Kier alpha value is -2.92. The van der Waals surface area contributed by atoms with Gasteiger partial charge in [-0.1, -0.05) is 72.8 Å². The number of benzene rings is 3. The van der Waals surface area contributed by atoms with E-state index in [-0.39, 0.29) is 18.0 Å². The fourth-order valence-corrected chi connectivity index (χ4v) is 7.47. The third-order valence-electron chi connectivity index (χ3n) is 6.64. The molecule has 2 heterocycles. The molecule has 0 fully saturated rings. The average molecular weight is 501 g/mol. The van der Waals surface area contributed by atoms with Gasteiger partial charge < -0.3 is 5.32 Å². The van der Waals surface area contributed by atoms with Gasteiger partial charge >= 0.3 is 10.3 Å². The third-order valence-corrected chi connectivity index (χ3v) is 8.80. The van der Waals surface area contributed by atoms with E-state index in [4.69, 9.17) is 0 Å². The molecular formula is C24H24N2O6S2. The Bertz CT molecular complexity index is 1430. The molecule has 8 nitrogen and oxygen atoms in total. The number of anilines is 2. The summed E-state index contributed by atoms with van der Waals surface area (Å²) in [7, 11) is -9.91. The van der Waals surface area contributed by atoms with E-state index in [1.165, 1.54) is 0 Å². The van der Waals surface area contributed by atoms with Crippen LogP contribution in [0.2, 0.25) is 0 Å². The first-order valence-corrected chi connectivity index (χ1v) is 13.8. The molecule has 3 aromatic rings. The summed E-state index contributed by atoms with van der Waals surface area (Å²) in [5, 5.41) is 1.37. The second-order valence-electron chi connectivity index (χ2n) is 8.59. The van der Waals surface area contributed by atoms with E-state index in [2.05, 4.69) is 5.32 Å². The molecular weight excluding hydrogens is 476 g/mol. The van der Waals surface area contributed by atoms with Crippen molar-refractivity contribution >= 4 is 31.8 Å². The average Bonchev–Trinajstić information content (AvgIpc) is 2.82. The Morgan fingerprint density at radius 2 is 1.32 bits per heavy atom. The van der Waals surface area contributed by atoms with E-state index in [1.807, 2.05) is 66.7 Å². The lowest BCUT2D eigenvalue weighted by molar-refractivity contribution is 0.438. The van der Waals surface area contributed by atoms with E-state index in [0.717, 1.165) is 23.1 Å². The molecule has 0 bridgehead atoms. The monoisotopic (exact) mass is 500 g/mol. The summed E-state index contributed by atoms with van der Waals surface area (Å²) in [4.78, 5) is 0. The maximum Gasteiger partial charge on any atom is 0.361 e. The van der Waals surface area contributed by atoms with Crippen molar-refractivity contribution in [1.29, 1.82) is 0 Å². The van der Waals surface area contributed by atoms with Crippen LogP contribution in [0.3, 0.4) is 0 Å². The second kappa shape index (κ2) is 8.38. The highest BCUT2D eigenvalue weighted by atomic mass is 32.2. The van der Waals surface area contributed by atoms with Crippen LogP contribution in [0.15, 0.2) is 72.8 Å². The van der Waals surface area contributed by atoms with Crippen LogP contribution in [-0.2, 0) is 20.4 Å². The van der Waals surface area contributed by atoms with E-state index in [1.54, 1.807) is 6.07 Å². The Kier molecular flexibility index (Phi) is 5.64. The van der Waals surface area contributed by atoms with Crippen molar-refractivity contribution in [3.8, 4) is 0 Å². The standard InChI is InChI=1S/C24H24N2O6S2/c27-33(28,29)22-15-21(17-9-5-2-6-10-17)20-12-11-19-18(16-7-3-1-4-8-16)13-14-25-23(19)24(20)26(22)34(30,31)32/h1-12,18,21-22,25H,13-15H2,(H,27,28,29)(H,30,31,32). The quantitative estimate of drug-likeness (QED) is 0.463. The van der Waals surface area contributed by atoms with Gasteiger partial charge in [0, 0.05) is 18.4 Å². The topological polar surface area (TPSA) is 124 Å². The number of hydrogen-bond acceptors (Lipinski definition) is 5. The molecule has 10 heteroatoms. The first-order valence-electron chi connectivity index (χ1n) is 10.9. The zero-order valence-electron chi connectivity index (χ0n) is 18.1. The summed E-state index contributed by atoms with van der Waals surface area (Å²) in [6.45, 7) is 0.523. The summed E-state index contributed by atoms with van der Waals surface area (Å²) in [6, 6.07) is 22.6. The normalized spacial score (nSPS) is 22.4. The van der Waals surface area contributed by atoms with Crippen molar-refractivity contribution < 1.29 is 25.9 Å². The zero-order chi connectivity index (χ0) is 24.1. The van der Waals surface area contributed by atoms with Crippen LogP contribution in [-0.4, -0.2) is 37.9 Å². The minimum Gasteiger partial charge on any atom is -0.383 e. The SMILES string of the molecule is O=S(=O)(O)C1CC(c2ccccc2)c2ccc3c(c2N1S(=O)(=O)O)NCCC3c1ccccc1. The summed E-state index contributed by atoms with van der Waals surface area (Å²) in [6.07, 6.45) is 0.516. The minimum atomic E-state index is -5.04. The van der Waals surface area contributed by atoms with E-state index >= 15 is 0 Å². The van der Waals surface area contributed by atoms with Gasteiger partial charge in [-0.05, 0) is 35.1 Å². The van der Waals surface area contributed by atoms with Crippen LogP contribution in [0.5, 0.6) is 0 Å². The molecule has 3 N–H and O–H groups in total. The molecule has 0 radical (unpaired) electrons. The van der Waals surface area contributed by atoms with Gasteiger partial charge in [-0.3, -0.25) is 9.11 Å². The Morgan fingerprint density at radius 1 is 0.765 bits per heavy atom. The van der Waals surface area contributed by atoms with E-state index in [0.29, 0.717) is 22.1 Å². The molecule has 5 rings (SSSR count). The highest BCUT2D eigenvalue weighted by Gasteiger charge is 2.47. The van der Waals surface area contributed by atoms with Gasteiger partial charge in [0.05, 0.1) is 11.4 Å². The van der Waals surface area contributed by atoms with Crippen molar-refractivity contribution in [2.75, 3.05) is 16.2 Å². The van der Waals surface area contributed by atoms with Gasteiger partial charge in [0.1, 0.15) is 0 Å². The Morgan fingerprint density at radius 3 is 1.88 bits per heavy atom. The molecule has 2 aliphatic rings. The third kappa shape index (κ3) is 3.96. The largest absolute Gasteiger partial charge is 0.383 e. The lowest BCUT2D eigenvalue weighted by atomic mass is 9.79. The number of nitrogens with one attached hydrogen (secondary N) is 1. The number of nitrogens with zero attached hydrogens (tertiary/aromatic N) is 1. The van der Waals surface area contributed by atoms with Gasteiger partial charge in [0.25, 0.3) is 10.1 Å². The van der Waals surface area contributed by atoms with Crippen LogP contribution in [0.1, 0.15) is 46.9 Å². The molecule has 0 aromatic heterocycles. The predicted molar refractivity (Wildman–Crippen MR) is 130 cm³/mol. The molecule has 0 amide bonds. The molecule has 2 aliphatic heterocycles. The van der Waals surface area contributed by atoms with Crippen molar-refractivity contribution in [2.24, 2.45) is 0 Å². The fraction of sp³-hybridized carbons (Fsp3) is 0.250. The van der Waals surface area contributed by atoms with Crippen LogP contribution in [0, 0.1) is 0 Å². The molecule has 0 saturated heterocycles. The molecule has 0 spiro atoms. The first-order chi connectivity index (χ1) is 16.2. The summed E-state index contributed by atoms with van der Waals surface area (Å²) in [5.74, 6) is -0.558.